The van der Waals surface area contributed by atoms with Crippen molar-refractivity contribution in [2.45, 2.75) is 0 Å². The van der Waals surface area contributed by atoms with Crippen molar-refractivity contribution >= 4 is 11.4 Å². The Kier molecular flexibility index (Phi) is 3.53. The third kappa shape index (κ3) is 2.26. The number of hydrogen-bond acceptors (Lipinski definition) is 4. The van der Waals surface area contributed by atoms with Crippen molar-refractivity contribution < 1.29 is 14.2 Å². The van der Waals surface area contributed by atoms with Crippen LogP contribution in [-0.4, -0.2) is 25.4 Å². The first-order valence-electron chi connectivity index (χ1n) is 4.16. The number of ether oxygens (including phenoxy) is 1. The maximum Gasteiger partial charge on any atom is 0.148 e. The zero-order valence-corrected chi connectivity index (χ0v) is 7.88. The molecule has 0 spiro atoms. The summed E-state index contributed by atoms with van der Waals surface area (Å²) in [4.78, 5) is 0. The summed E-state index contributed by atoms with van der Waals surface area (Å²) in [5.74, 6) is -0.0522. The minimum absolute atomic E-state index is 0.0634. The molecule has 0 bridgehead atoms. The van der Waals surface area contributed by atoms with Crippen molar-refractivity contribution in [2.75, 3.05) is 31.3 Å². The first-order chi connectivity index (χ1) is 6.69. The van der Waals surface area contributed by atoms with E-state index in [4.69, 9.17) is 15.6 Å². The van der Waals surface area contributed by atoms with Crippen LogP contribution in [0.25, 0.3) is 0 Å². The smallest absolute Gasteiger partial charge is 0.148 e. The largest absolute Gasteiger partial charge is 0.495 e. The zero-order chi connectivity index (χ0) is 10.6. The molecule has 0 aliphatic rings. The maximum absolute atomic E-state index is 13.2. The lowest BCUT2D eigenvalue weighted by Gasteiger charge is -2.10. The summed E-state index contributed by atoms with van der Waals surface area (Å²) in [6.07, 6.45) is 0. The van der Waals surface area contributed by atoms with E-state index < -0.39 is 5.82 Å². The van der Waals surface area contributed by atoms with Crippen molar-refractivity contribution in [3.05, 3.63) is 17.9 Å². The fourth-order valence-corrected chi connectivity index (χ4v) is 1.07. The molecule has 4 nitrogen and oxygen atoms in total. The van der Waals surface area contributed by atoms with Crippen LogP contribution in [0.5, 0.6) is 5.75 Å². The first kappa shape index (κ1) is 10.6. The number of hydrogen-bond donors (Lipinski definition) is 3. The van der Waals surface area contributed by atoms with Crippen molar-refractivity contribution in [2.24, 2.45) is 0 Å². The summed E-state index contributed by atoms with van der Waals surface area (Å²) in [5.41, 5.74) is 6.01. The van der Waals surface area contributed by atoms with Crippen LogP contribution >= 0.6 is 0 Å². The minimum atomic E-state index is -0.461. The van der Waals surface area contributed by atoms with Crippen molar-refractivity contribution in [3.63, 3.8) is 0 Å². The molecule has 14 heavy (non-hydrogen) atoms. The Labute approximate surface area is 81.5 Å². The molecular formula is C9H13FN2O2. The van der Waals surface area contributed by atoms with Gasteiger partial charge in [-0.2, -0.15) is 0 Å². The van der Waals surface area contributed by atoms with E-state index in [0.29, 0.717) is 5.75 Å². The van der Waals surface area contributed by atoms with E-state index in [9.17, 15) is 4.39 Å². The Bertz CT molecular complexity index is 318. The standard InChI is InChI=1S/C9H13FN2O2/c1-14-9-5-8(12-2-3-13)6(10)4-7(9)11/h4-5,12-13H,2-3,11H2,1H3. The van der Waals surface area contributed by atoms with Gasteiger partial charge >= 0.3 is 0 Å². The molecule has 1 aromatic carbocycles. The molecule has 0 heterocycles. The van der Waals surface area contributed by atoms with Gasteiger partial charge in [0.05, 0.1) is 25.1 Å². The van der Waals surface area contributed by atoms with Crippen molar-refractivity contribution in [3.8, 4) is 5.75 Å². The zero-order valence-electron chi connectivity index (χ0n) is 7.88. The second-order valence-corrected chi connectivity index (χ2v) is 2.72. The third-order valence-electron chi connectivity index (χ3n) is 1.75. The minimum Gasteiger partial charge on any atom is -0.495 e. The predicted octanol–water partition coefficient (Wildman–Crippen LogP) is 0.821. The van der Waals surface area contributed by atoms with Crippen LogP contribution in [0.4, 0.5) is 15.8 Å². The SMILES string of the molecule is COc1cc(NCCO)c(F)cc1N. The predicted molar refractivity (Wildman–Crippen MR) is 52.9 cm³/mol. The number of benzene rings is 1. The Morgan fingerprint density at radius 3 is 2.86 bits per heavy atom. The van der Waals surface area contributed by atoms with Gasteiger partial charge in [-0.15, -0.1) is 0 Å². The fraction of sp³-hybridized carbons (Fsp3) is 0.333. The molecule has 1 rings (SSSR count). The highest BCUT2D eigenvalue weighted by molar-refractivity contribution is 5.62. The van der Waals surface area contributed by atoms with E-state index in [1.165, 1.54) is 19.2 Å². The number of anilines is 2. The molecule has 5 heteroatoms. The Hall–Kier alpha value is -1.49. The van der Waals surface area contributed by atoms with Crippen LogP contribution < -0.4 is 15.8 Å². The van der Waals surface area contributed by atoms with Gasteiger partial charge in [0.25, 0.3) is 0 Å². The Morgan fingerprint density at radius 1 is 1.57 bits per heavy atom. The van der Waals surface area contributed by atoms with Crippen LogP contribution in [0.1, 0.15) is 0 Å². The van der Waals surface area contributed by atoms with Gasteiger partial charge in [0, 0.05) is 18.7 Å². The van der Waals surface area contributed by atoms with Crippen molar-refractivity contribution in [1.29, 1.82) is 0 Å². The summed E-state index contributed by atoms with van der Waals surface area (Å²) in [7, 11) is 1.46. The maximum atomic E-state index is 13.2. The molecule has 78 valence electrons. The van der Waals surface area contributed by atoms with Gasteiger partial charge in [-0.3, -0.25) is 0 Å². The highest BCUT2D eigenvalue weighted by Crippen LogP contribution is 2.27. The number of halogens is 1. The summed E-state index contributed by atoms with van der Waals surface area (Å²) < 4.78 is 18.1. The molecule has 0 amide bonds. The third-order valence-corrected chi connectivity index (χ3v) is 1.75. The van der Waals surface area contributed by atoms with Crippen LogP contribution in [0.3, 0.4) is 0 Å². The van der Waals surface area contributed by atoms with Crippen LogP contribution in [0.15, 0.2) is 12.1 Å². The average molecular weight is 200 g/mol. The lowest BCUT2D eigenvalue weighted by atomic mass is 10.2. The highest BCUT2D eigenvalue weighted by atomic mass is 19.1. The summed E-state index contributed by atoms with van der Waals surface area (Å²) in [5, 5.41) is 11.3. The number of nitrogens with one attached hydrogen (secondary N) is 1. The average Bonchev–Trinajstić information content (AvgIpc) is 2.17. The van der Waals surface area contributed by atoms with Gasteiger partial charge in [-0.1, -0.05) is 0 Å². The molecule has 0 saturated heterocycles. The van der Waals surface area contributed by atoms with E-state index >= 15 is 0 Å². The summed E-state index contributed by atoms with van der Waals surface area (Å²) in [6, 6.07) is 2.64. The molecular weight excluding hydrogens is 187 g/mol. The molecule has 4 N–H and O–H groups in total. The van der Waals surface area contributed by atoms with E-state index in [-0.39, 0.29) is 24.5 Å². The molecule has 0 aromatic heterocycles. The first-order valence-corrected chi connectivity index (χ1v) is 4.16. The molecule has 0 aliphatic carbocycles. The fourth-order valence-electron chi connectivity index (χ4n) is 1.07. The molecule has 1 aromatic rings. The highest BCUT2D eigenvalue weighted by Gasteiger charge is 2.07. The summed E-state index contributed by atoms with van der Waals surface area (Å²) >= 11 is 0. The van der Waals surface area contributed by atoms with Crippen molar-refractivity contribution in [1.82, 2.24) is 0 Å². The lowest BCUT2D eigenvalue weighted by Crippen LogP contribution is -2.07. The molecule has 0 fully saturated rings. The van der Waals surface area contributed by atoms with Crippen LogP contribution in [0.2, 0.25) is 0 Å². The van der Waals surface area contributed by atoms with E-state index in [1.807, 2.05) is 0 Å². The van der Waals surface area contributed by atoms with Gasteiger partial charge in [0.1, 0.15) is 11.6 Å². The van der Waals surface area contributed by atoms with Gasteiger partial charge < -0.3 is 20.9 Å². The van der Waals surface area contributed by atoms with Crippen LogP contribution in [-0.2, 0) is 0 Å². The monoisotopic (exact) mass is 200 g/mol. The Balaban J connectivity index is 2.92. The number of rotatable bonds is 4. The van der Waals surface area contributed by atoms with Gasteiger partial charge in [-0.05, 0) is 0 Å². The number of aliphatic hydroxyl groups excluding tert-OH is 1. The summed E-state index contributed by atoms with van der Waals surface area (Å²) in [6.45, 7) is 0.218. The van der Waals surface area contributed by atoms with Gasteiger partial charge in [-0.25, -0.2) is 4.39 Å². The van der Waals surface area contributed by atoms with E-state index in [1.54, 1.807) is 0 Å². The molecule has 0 unspecified atom stereocenters. The van der Waals surface area contributed by atoms with E-state index in [2.05, 4.69) is 5.32 Å². The number of aliphatic hydroxyl groups is 1. The second kappa shape index (κ2) is 4.66. The molecule has 0 aliphatic heterocycles. The van der Waals surface area contributed by atoms with Crippen LogP contribution in [0, 0.1) is 5.82 Å². The van der Waals surface area contributed by atoms with Gasteiger partial charge in [0.15, 0.2) is 0 Å². The number of methoxy groups -OCH3 is 1. The quantitative estimate of drug-likeness (QED) is 0.629. The Morgan fingerprint density at radius 2 is 2.29 bits per heavy atom. The van der Waals surface area contributed by atoms with Gasteiger partial charge in [0.2, 0.25) is 0 Å². The molecule has 0 radical (unpaired) electrons. The number of nitrogen functional groups attached to an aromatic ring is 1. The molecule has 0 atom stereocenters. The normalized spacial score (nSPS) is 9.93. The lowest BCUT2D eigenvalue weighted by molar-refractivity contribution is 0.311. The topological polar surface area (TPSA) is 67.5 Å². The number of nitrogens with two attached hydrogens (primary N) is 1. The van der Waals surface area contributed by atoms with E-state index in [0.717, 1.165) is 0 Å². The molecule has 0 saturated carbocycles. The second-order valence-electron chi connectivity index (χ2n) is 2.72.